The molecule has 2 aromatic heterocycles. The monoisotopic (exact) mass is 587 g/mol. The van der Waals surface area contributed by atoms with Crippen molar-refractivity contribution >= 4 is 38.7 Å². The zero-order valence-corrected chi connectivity index (χ0v) is 22.9. The normalized spacial score (nSPS) is 17.5. The third-order valence-corrected chi connectivity index (χ3v) is 7.29. The molecule has 208 valence electrons. The van der Waals surface area contributed by atoms with Crippen LogP contribution in [0.4, 0.5) is 24.5 Å². The lowest BCUT2D eigenvalue weighted by molar-refractivity contribution is -0.137. The minimum absolute atomic E-state index is 0.207. The number of aromatic nitrogens is 2. The molecule has 0 aliphatic carbocycles. The largest absolute Gasteiger partial charge is 0.495 e. The van der Waals surface area contributed by atoms with Gasteiger partial charge in [-0.1, -0.05) is 12.1 Å². The smallest absolute Gasteiger partial charge is 0.416 e. The topological polar surface area (TPSA) is 88.5 Å². The van der Waals surface area contributed by atoms with E-state index in [4.69, 9.17) is 17.0 Å². The van der Waals surface area contributed by atoms with Crippen molar-refractivity contribution in [2.75, 3.05) is 23.0 Å². The number of benzene rings is 2. The van der Waals surface area contributed by atoms with Gasteiger partial charge in [-0.2, -0.15) is 13.2 Å². The zero-order valence-electron chi connectivity index (χ0n) is 21.3. The predicted octanol–water partition coefficient (Wildman–Crippen LogP) is 5.45. The van der Waals surface area contributed by atoms with Gasteiger partial charge >= 0.3 is 6.18 Å². The van der Waals surface area contributed by atoms with Gasteiger partial charge in [-0.05, 0) is 72.9 Å². The summed E-state index contributed by atoms with van der Waals surface area (Å²) < 4.78 is 74.2. The summed E-state index contributed by atoms with van der Waals surface area (Å²) in [7, 11) is -2.21. The summed E-state index contributed by atoms with van der Waals surface area (Å²) in [6.45, 7) is 0. The first-order chi connectivity index (χ1) is 19.0. The third kappa shape index (κ3) is 5.47. The van der Waals surface area contributed by atoms with Crippen LogP contribution in [0, 0.1) is 0 Å². The van der Waals surface area contributed by atoms with E-state index in [0.29, 0.717) is 33.6 Å². The Morgan fingerprint density at radius 3 is 2.50 bits per heavy atom. The minimum atomic E-state index is -4.51. The van der Waals surface area contributed by atoms with Crippen LogP contribution in [-0.2, 0) is 16.2 Å². The molecule has 0 saturated carbocycles. The second kappa shape index (κ2) is 10.5. The fourth-order valence-corrected chi connectivity index (χ4v) is 5.67. The highest BCUT2D eigenvalue weighted by Crippen LogP contribution is 2.44. The number of hydrogen-bond donors (Lipinski definition) is 2. The van der Waals surface area contributed by atoms with Crippen LogP contribution in [0.1, 0.15) is 29.0 Å². The second-order valence-corrected chi connectivity index (χ2v) is 11.2. The van der Waals surface area contributed by atoms with Crippen LogP contribution in [-0.4, -0.2) is 36.4 Å². The van der Waals surface area contributed by atoms with Gasteiger partial charge < -0.3 is 19.5 Å². The van der Waals surface area contributed by atoms with Crippen molar-refractivity contribution in [1.29, 1.82) is 0 Å². The van der Waals surface area contributed by atoms with Gasteiger partial charge in [-0.25, -0.2) is 8.42 Å². The molecule has 0 amide bonds. The summed E-state index contributed by atoms with van der Waals surface area (Å²) >= 11 is 5.75. The average Bonchev–Trinajstić information content (AvgIpc) is 3.52. The SMILES string of the molecule is COc1ccc(N2C(=S)NC(c3ccccn3)C2c2cccn2-c2cccc(C(F)(F)F)c2)cc1NS(C)(=O)=O. The van der Waals surface area contributed by atoms with Gasteiger partial charge in [0.2, 0.25) is 10.0 Å². The number of anilines is 2. The van der Waals surface area contributed by atoms with E-state index in [0.717, 1.165) is 18.4 Å². The highest BCUT2D eigenvalue weighted by molar-refractivity contribution is 7.92. The van der Waals surface area contributed by atoms with Crippen molar-refractivity contribution < 1.29 is 26.3 Å². The first kappa shape index (κ1) is 27.5. The van der Waals surface area contributed by atoms with Gasteiger partial charge in [-0.15, -0.1) is 0 Å². The number of ether oxygens (including phenoxy) is 1. The summed E-state index contributed by atoms with van der Waals surface area (Å²) in [6.07, 6.45) is -0.144. The molecule has 1 saturated heterocycles. The molecule has 2 aromatic carbocycles. The maximum Gasteiger partial charge on any atom is 0.416 e. The van der Waals surface area contributed by atoms with E-state index >= 15 is 0 Å². The first-order valence-electron chi connectivity index (χ1n) is 12.0. The lowest BCUT2D eigenvalue weighted by Crippen LogP contribution is -2.30. The maximum absolute atomic E-state index is 13.5. The Labute approximate surface area is 234 Å². The van der Waals surface area contributed by atoms with Crippen LogP contribution in [0.3, 0.4) is 0 Å². The van der Waals surface area contributed by atoms with Gasteiger partial charge in [-0.3, -0.25) is 9.71 Å². The van der Waals surface area contributed by atoms with Crippen molar-refractivity contribution in [2.24, 2.45) is 0 Å². The Bertz CT molecular complexity index is 1660. The summed E-state index contributed by atoms with van der Waals surface area (Å²) in [5, 5.41) is 3.63. The number of alkyl halides is 3. The molecular formula is C27H24F3N5O3S2. The molecule has 2 atom stereocenters. The average molecular weight is 588 g/mol. The van der Waals surface area contributed by atoms with Crippen molar-refractivity contribution in [3.8, 4) is 11.4 Å². The van der Waals surface area contributed by atoms with E-state index in [1.165, 1.54) is 13.2 Å². The minimum Gasteiger partial charge on any atom is -0.495 e. The number of thiocarbonyl (C=S) groups is 1. The molecule has 2 N–H and O–H groups in total. The number of rotatable bonds is 7. The lowest BCUT2D eigenvalue weighted by Gasteiger charge is -2.29. The predicted molar refractivity (Wildman–Crippen MR) is 150 cm³/mol. The summed E-state index contributed by atoms with van der Waals surface area (Å²) in [4.78, 5) is 6.30. The van der Waals surface area contributed by atoms with Crippen LogP contribution in [0.2, 0.25) is 0 Å². The quantitative estimate of drug-likeness (QED) is 0.278. The Balaban J connectivity index is 1.67. The van der Waals surface area contributed by atoms with Gasteiger partial charge in [0, 0.05) is 29.5 Å². The zero-order chi connectivity index (χ0) is 28.7. The van der Waals surface area contributed by atoms with Gasteiger partial charge in [0.25, 0.3) is 0 Å². The molecule has 4 aromatic rings. The molecule has 40 heavy (non-hydrogen) atoms. The number of nitrogens with one attached hydrogen (secondary N) is 2. The maximum atomic E-state index is 13.5. The number of halogens is 3. The third-order valence-electron chi connectivity index (χ3n) is 6.39. The molecule has 1 aliphatic rings. The van der Waals surface area contributed by atoms with Crippen LogP contribution in [0.15, 0.2) is 85.2 Å². The van der Waals surface area contributed by atoms with Crippen LogP contribution >= 0.6 is 12.2 Å². The molecule has 1 aliphatic heterocycles. The van der Waals surface area contributed by atoms with E-state index in [9.17, 15) is 21.6 Å². The molecule has 0 bridgehead atoms. The van der Waals surface area contributed by atoms with E-state index in [2.05, 4.69) is 15.0 Å². The highest BCUT2D eigenvalue weighted by Gasteiger charge is 2.42. The number of pyridine rings is 1. The Kier molecular flexibility index (Phi) is 7.19. The van der Waals surface area contributed by atoms with Crippen LogP contribution in [0.25, 0.3) is 5.69 Å². The fraction of sp³-hybridized carbons (Fsp3) is 0.185. The van der Waals surface area contributed by atoms with Crippen LogP contribution in [0.5, 0.6) is 5.75 Å². The first-order valence-corrected chi connectivity index (χ1v) is 14.3. The van der Waals surface area contributed by atoms with Crippen molar-refractivity contribution in [3.63, 3.8) is 0 Å². The highest BCUT2D eigenvalue weighted by atomic mass is 32.2. The molecule has 0 spiro atoms. The molecule has 5 rings (SSSR count). The molecular weight excluding hydrogens is 563 g/mol. The van der Waals surface area contributed by atoms with Crippen molar-refractivity contribution in [2.45, 2.75) is 18.3 Å². The molecule has 0 radical (unpaired) electrons. The Morgan fingerprint density at radius 1 is 1.02 bits per heavy atom. The van der Waals surface area contributed by atoms with Gasteiger partial charge in [0.15, 0.2) is 5.11 Å². The van der Waals surface area contributed by atoms with Crippen molar-refractivity contribution in [3.05, 3.63) is 102 Å². The number of sulfonamides is 1. The molecule has 8 nitrogen and oxygen atoms in total. The van der Waals surface area contributed by atoms with E-state index in [1.54, 1.807) is 58.3 Å². The number of nitrogens with zero attached hydrogens (tertiary/aromatic N) is 3. The van der Waals surface area contributed by atoms with Crippen molar-refractivity contribution in [1.82, 2.24) is 14.9 Å². The number of hydrogen-bond acceptors (Lipinski definition) is 5. The van der Waals surface area contributed by atoms with E-state index in [1.807, 2.05) is 18.2 Å². The second-order valence-electron chi connectivity index (χ2n) is 9.11. The van der Waals surface area contributed by atoms with E-state index in [-0.39, 0.29) is 5.69 Å². The lowest BCUT2D eigenvalue weighted by atomic mass is 10.0. The van der Waals surface area contributed by atoms with Gasteiger partial charge in [0.05, 0.1) is 36.4 Å². The summed E-state index contributed by atoms with van der Waals surface area (Å²) in [6, 6.07) is 17.9. The number of methoxy groups -OCH3 is 1. The molecule has 1 fully saturated rings. The Morgan fingerprint density at radius 2 is 1.82 bits per heavy atom. The van der Waals surface area contributed by atoms with Crippen LogP contribution < -0.4 is 19.7 Å². The molecule has 2 unspecified atom stereocenters. The standard InChI is InChI=1S/C27H24F3N5O3S2/c1-38-23-12-11-19(16-21(23)33-40(2,36)37)35-25(24(32-26(35)39)20-9-3-4-13-31-20)22-10-6-14-34(22)18-8-5-7-17(15-18)27(28,29)30/h3-16,24-25,33H,1-2H3,(H,32,39). The molecule has 13 heteroatoms. The fourth-order valence-electron chi connectivity index (χ4n) is 4.76. The summed E-state index contributed by atoms with van der Waals surface area (Å²) in [5.74, 6) is 0.303. The summed E-state index contributed by atoms with van der Waals surface area (Å²) in [5.41, 5.74) is 1.59. The van der Waals surface area contributed by atoms with E-state index < -0.39 is 33.8 Å². The Hall–Kier alpha value is -4.10. The molecule has 3 heterocycles. The van der Waals surface area contributed by atoms with Gasteiger partial charge in [0.1, 0.15) is 11.8 Å².